The number of aliphatic hydroxyl groups is 1. The second kappa shape index (κ2) is 18.8. The summed E-state index contributed by atoms with van der Waals surface area (Å²) in [4.78, 5) is 19.2. The topological polar surface area (TPSA) is 77.8 Å². The molecule has 0 aliphatic carbocycles. The molecule has 0 bridgehead atoms. The highest BCUT2D eigenvalue weighted by molar-refractivity contribution is 7.53. The average Bonchev–Trinajstić information content (AvgIpc) is 2.70. The molecule has 0 heterocycles. The van der Waals surface area contributed by atoms with Crippen molar-refractivity contribution in [2.45, 2.75) is 121 Å². The minimum absolute atomic E-state index is 0.0546. The number of likely N-dealkylation sites (N-methyl/N-ethyl adjacent to an activating group) is 1. The number of allylic oxidation sites excluding steroid dienone is 4. The van der Waals surface area contributed by atoms with Crippen molar-refractivity contribution in [1.82, 2.24) is 0 Å². The van der Waals surface area contributed by atoms with E-state index in [1.54, 1.807) is 0 Å². The van der Waals surface area contributed by atoms with Gasteiger partial charge in [0.2, 0.25) is 5.34 Å². The van der Waals surface area contributed by atoms with Crippen LogP contribution in [0.5, 0.6) is 0 Å². The van der Waals surface area contributed by atoms with Gasteiger partial charge in [-0.1, -0.05) is 82.6 Å². The highest BCUT2D eigenvalue weighted by Crippen LogP contribution is 2.52. The molecular weight excluding hydrogens is 433 g/mol. The van der Waals surface area contributed by atoms with Gasteiger partial charge in [0.05, 0.1) is 21.1 Å². The number of nitrogens with zero attached hydrogens (tertiary/aromatic N) is 1. The summed E-state index contributed by atoms with van der Waals surface area (Å²) >= 11 is 0. The fourth-order valence-electron chi connectivity index (χ4n) is 4.21. The predicted molar refractivity (Wildman–Crippen MR) is 142 cm³/mol. The van der Waals surface area contributed by atoms with Gasteiger partial charge in [0.25, 0.3) is 0 Å². The van der Waals surface area contributed by atoms with Gasteiger partial charge in [-0.15, -0.1) is 0 Å². The van der Waals surface area contributed by atoms with E-state index < -0.39 is 12.9 Å². The van der Waals surface area contributed by atoms with Crippen molar-refractivity contribution in [2.75, 3.05) is 27.7 Å². The van der Waals surface area contributed by atoms with Gasteiger partial charge < -0.3 is 19.4 Å². The SMILES string of the molecule is CC/C=C\CCCCCCCCC/C=C\CCCCCCCC(O)(C[N+](C)(C)C)P(=O)(O)O. The van der Waals surface area contributed by atoms with Gasteiger partial charge in [-0.05, 0) is 57.8 Å². The summed E-state index contributed by atoms with van der Waals surface area (Å²) in [5, 5.41) is 8.63. The molecular formula is C27H55NO4P+. The lowest BCUT2D eigenvalue weighted by molar-refractivity contribution is -0.875. The number of rotatable bonds is 22. The van der Waals surface area contributed by atoms with Crippen LogP contribution in [0.25, 0.3) is 0 Å². The van der Waals surface area contributed by atoms with Gasteiger partial charge in [-0.25, -0.2) is 0 Å². The maximum Gasteiger partial charge on any atom is 0.362 e. The molecule has 0 aliphatic rings. The van der Waals surface area contributed by atoms with Crippen molar-refractivity contribution in [3.63, 3.8) is 0 Å². The monoisotopic (exact) mass is 488 g/mol. The summed E-state index contributed by atoms with van der Waals surface area (Å²) in [6, 6.07) is 0. The zero-order valence-electron chi connectivity index (χ0n) is 22.2. The van der Waals surface area contributed by atoms with Gasteiger partial charge >= 0.3 is 7.60 Å². The third-order valence-electron chi connectivity index (χ3n) is 6.03. The average molecular weight is 489 g/mol. The van der Waals surface area contributed by atoms with Crippen molar-refractivity contribution in [2.24, 2.45) is 0 Å². The molecule has 33 heavy (non-hydrogen) atoms. The molecule has 6 heteroatoms. The summed E-state index contributed by atoms with van der Waals surface area (Å²) in [7, 11) is 0.960. The Morgan fingerprint density at radius 1 is 0.667 bits per heavy atom. The maximum atomic E-state index is 11.8. The summed E-state index contributed by atoms with van der Waals surface area (Å²) in [5.74, 6) is 0. The third kappa shape index (κ3) is 19.5. The van der Waals surface area contributed by atoms with Gasteiger partial charge in [0, 0.05) is 0 Å². The van der Waals surface area contributed by atoms with Crippen LogP contribution in [-0.2, 0) is 4.57 Å². The van der Waals surface area contributed by atoms with Crippen molar-refractivity contribution in [3.8, 4) is 0 Å². The van der Waals surface area contributed by atoms with Crippen LogP contribution in [0, 0.1) is 0 Å². The molecule has 1 atom stereocenters. The van der Waals surface area contributed by atoms with Crippen LogP contribution >= 0.6 is 7.60 Å². The molecule has 0 aliphatic heterocycles. The van der Waals surface area contributed by atoms with E-state index in [1.165, 1.54) is 57.8 Å². The van der Waals surface area contributed by atoms with E-state index in [0.717, 1.165) is 38.5 Å². The van der Waals surface area contributed by atoms with E-state index in [0.29, 0.717) is 10.9 Å². The van der Waals surface area contributed by atoms with Crippen LogP contribution in [-0.4, -0.2) is 52.4 Å². The molecule has 0 rings (SSSR count). The minimum Gasteiger partial charge on any atom is -0.373 e. The lowest BCUT2D eigenvalue weighted by Gasteiger charge is -2.35. The Kier molecular flexibility index (Phi) is 18.6. The van der Waals surface area contributed by atoms with Crippen LogP contribution in [0.2, 0.25) is 0 Å². The Bertz CT molecular complexity index is 565. The van der Waals surface area contributed by atoms with Crippen molar-refractivity contribution in [1.29, 1.82) is 0 Å². The predicted octanol–water partition coefficient (Wildman–Crippen LogP) is 7.32. The first-order valence-corrected chi connectivity index (χ1v) is 15.0. The van der Waals surface area contributed by atoms with Crippen LogP contribution in [0.4, 0.5) is 0 Å². The first-order valence-electron chi connectivity index (χ1n) is 13.4. The molecule has 1 unspecified atom stereocenters. The van der Waals surface area contributed by atoms with Gasteiger partial charge in [0.1, 0.15) is 6.54 Å². The normalized spacial score (nSPS) is 15.0. The lowest BCUT2D eigenvalue weighted by Crippen LogP contribution is -2.49. The summed E-state index contributed by atoms with van der Waals surface area (Å²) < 4.78 is 12.1. The van der Waals surface area contributed by atoms with E-state index in [9.17, 15) is 19.5 Å². The van der Waals surface area contributed by atoms with Crippen LogP contribution < -0.4 is 0 Å². The van der Waals surface area contributed by atoms with Gasteiger partial charge in [-0.3, -0.25) is 4.57 Å². The lowest BCUT2D eigenvalue weighted by atomic mass is 10.1. The van der Waals surface area contributed by atoms with Crippen LogP contribution in [0.15, 0.2) is 24.3 Å². The quantitative estimate of drug-likeness (QED) is 0.0645. The Hall–Kier alpha value is -0.450. The van der Waals surface area contributed by atoms with E-state index >= 15 is 0 Å². The number of hydrogen-bond acceptors (Lipinski definition) is 2. The molecule has 0 spiro atoms. The standard InChI is InChI=1S/C27H54NO4P/c1-5-6-7-8-9-10-11-12-13-14-15-16-17-18-19-20-21-22-23-24-25-27(29,33(30,31)32)26-28(2,3)4/h6-7,17-18,29H,5,8-16,19-26H2,1-4H3,(H-,30,31,32)/p+1/b7-6-,18-17-. The molecule has 0 saturated heterocycles. The zero-order valence-corrected chi connectivity index (χ0v) is 23.1. The smallest absolute Gasteiger partial charge is 0.362 e. The van der Waals surface area contributed by atoms with E-state index in [-0.39, 0.29) is 13.0 Å². The minimum atomic E-state index is -4.55. The summed E-state index contributed by atoms with van der Waals surface area (Å²) in [5.41, 5.74) is 0. The molecule has 196 valence electrons. The Morgan fingerprint density at radius 3 is 1.39 bits per heavy atom. The highest BCUT2D eigenvalue weighted by Gasteiger charge is 2.48. The second-order valence-electron chi connectivity index (χ2n) is 10.7. The number of unbranched alkanes of at least 4 members (excludes halogenated alkanes) is 13. The van der Waals surface area contributed by atoms with Crippen molar-refractivity contribution < 1.29 is 23.9 Å². The number of quaternary nitrogens is 1. The summed E-state index contributed by atoms with van der Waals surface area (Å²) in [6.45, 7) is 2.24. The van der Waals surface area contributed by atoms with E-state index in [1.807, 2.05) is 21.1 Å². The van der Waals surface area contributed by atoms with E-state index in [2.05, 4.69) is 31.2 Å². The van der Waals surface area contributed by atoms with Crippen molar-refractivity contribution in [3.05, 3.63) is 24.3 Å². The molecule has 0 amide bonds. The third-order valence-corrected chi connectivity index (χ3v) is 7.48. The number of hydrogen-bond donors (Lipinski definition) is 3. The molecule has 0 saturated carbocycles. The molecule has 0 aromatic heterocycles. The molecule has 0 aromatic rings. The Balaban J connectivity index is 3.61. The largest absolute Gasteiger partial charge is 0.373 e. The van der Waals surface area contributed by atoms with Crippen molar-refractivity contribution >= 4 is 7.60 Å². The molecule has 0 radical (unpaired) electrons. The molecule has 3 N–H and O–H groups in total. The Morgan fingerprint density at radius 2 is 1.03 bits per heavy atom. The first kappa shape index (κ1) is 32.5. The zero-order chi connectivity index (χ0) is 25.1. The van der Waals surface area contributed by atoms with Gasteiger partial charge in [0.15, 0.2) is 0 Å². The maximum absolute atomic E-state index is 11.8. The molecule has 0 aromatic carbocycles. The van der Waals surface area contributed by atoms with E-state index in [4.69, 9.17) is 0 Å². The molecule has 0 fully saturated rings. The highest BCUT2D eigenvalue weighted by atomic mass is 31.2. The van der Waals surface area contributed by atoms with Crippen LogP contribution in [0.3, 0.4) is 0 Å². The second-order valence-corrected chi connectivity index (χ2v) is 12.6. The summed E-state index contributed by atoms with van der Waals surface area (Å²) in [6.07, 6.45) is 28.4. The molecule has 5 nitrogen and oxygen atoms in total. The Labute approximate surface area is 205 Å². The van der Waals surface area contributed by atoms with Crippen LogP contribution in [0.1, 0.15) is 116 Å². The fourth-order valence-corrected chi connectivity index (χ4v) is 5.26. The fraction of sp³-hybridized carbons (Fsp3) is 0.852. The van der Waals surface area contributed by atoms with Gasteiger partial charge in [-0.2, -0.15) is 0 Å². The first-order chi connectivity index (χ1) is 15.5.